The molecule has 2 amide bonds. The molecular formula is C30H35F3N6O5. The summed E-state index contributed by atoms with van der Waals surface area (Å²) in [6.45, 7) is 6.68. The lowest BCUT2D eigenvalue weighted by atomic mass is 9.96. The molecule has 44 heavy (non-hydrogen) atoms. The number of fused-ring (bicyclic) bond motifs is 1. The van der Waals surface area contributed by atoms with E-state index in [2.05, 4.69) is 15.4 Å². The van der Waals surface area contributed by atoms with Gasteiger partial charge < -0.3 is 29.3 Å². The predicted molar refractivity (Wildman–Crippen MR) is 155 cm³/mol. The number of ether oxygens (including phenoxy) is 3. The number of benzene rings is 1. The number of amides is 2. The summed E-state index contributed by atoms with van der Waals surface area (Å²) >= 11 is 0. The lowest BCUT2D eigenvalue weighted by Gasteiger charge is -2.35. The van der Waals surface area contributed by atoms with Crippen LogP contribution < -0.4 is 14.8 Å². The molecule has 3 aromatic rings. The molecule has 11 nitrogen and oxygen atoms in total. The highest BCUT2D eigenvalue weighted by Gasteiger charge is 2.46. The molecule has 14 heteroatoms. The van der Waals surface area contributed by atoms with Crippen molar-refractivity contribution in [2.45, 2.75) is 51.1 Å². The van der Waals surface area contributed by atoms with Crippen molar-refractivity contribution in [1.82, 2.24) is 24.6 Å². The monoisotopic (exact) mass is 616 g/mol. The lowest BCUT2D eigenvalue weighted by Crippen LogP contribution is -2.51. The summed E-state index contributed by atoms with van der Waals surface area (Å²) < 4.78 is 59.6. The predicted octanol–water partition coefficient (Wildman–Crippen LogP) is 5.32. The van der Waals surface area contributed by atoms with Crippen molar-refractivity contribution in [2.75, 3.05) is 45.7 Å². The van der Waals surface area contributed by atoms with E-state index in [0.29, 0.717) is 48.8 Å². The van der Waals surface area contributed by atoms with Gasteiger partial charge in [-0.1, -0.05) is 6.07 Å². The molecule has 2 aliphatic rings. The Morgan fingerprint density at radius 2 is 1.61 bits per heavy atom. The highest BCUT2D eigenvalue weighted by atomic mass is 19.4. The molecule has 0 aliphatic carbocycles. The zero-order valence-corrected chi connectivity index (χ0v) is 25.1. The highest BCUT2D eigenvalue weighted by molar-refractivity contribution is 5.92. The van der Waals surface area contributed by atoms with Crippen LogP contribution in [0.5, 0.6) is 11.5 Å². The topological polar surface area (TPSA) is 111 Å². The van der Waals surface area contributed by atoms with Gasteiger partial charge in [0.2, 0.25) is 0 Å². The Labute approximate surface area is 252 Å². The number of pyridine rings is 1. The van der Waals surface area contributed by atoms with E-state index >= 15 is 0 Å². The fraction of sp³-hybridized carbons (Fsp3) is 0.467. The maximum Gasteiger partial charge on any atom is 0.410 e. The molecule has 5 rings (SSSR count). The van der Waals surface area contributed by atoms with Gasteiger partial charge in [0.05, 0.1) is 26.0 Å². The number of alkyl halides is 3. The Kier molecular flexibility index (Phi) is 8.36. The average molecular weight is 617 g/mol. The van der Waals surface area contributed by atoms with Crippen LogP contribution in [0.15, 0.2) is 42.6 Å². The molecule has 0 radical (unpaired) electrons. The first-order valence-electron chi connectivity index (χ1n) is 14.2. The van der Waals surface area contributed by atoms with Crippen LogP contribution in [-0.4, -0.2) is 88.7 Å². The fourth-order valence-electron chi connectivity index (χ4n) is 5.26. The Morgan fingerprint density at radius 1 is 0.932 bits per heavy atom. The van der Waals surface area contributed by atoms with Crippen LogP contribution in [0.4, 0.5) is 23.8 Å². The van der Waals surface area contributed by atoms with E-state index in [4.69, 9.17) is 14.2 Å². The molecule has 4 heterocycles. The fourth-order valence-corrected chi connectivity index (χ4v) is 5.26. The molecule has 1 N–H and O–H groups in total. The van der Waals surface area contributed by atoms with E-state index in [9.17, 15) is 22.8 Å². The third-order valence-electron chi connectivity index (χ3n) is 7.50. The van der Waals surface area contributed by atoms with Gasteiger partial charge in [-0.05, 0) is 50.6 Å². The Hall–Kier alpha value is -4.49. The minimum atomic E-state index is -4.54. The van der Waals surface area contributed by atoms with Crippen LogP contribution in [0.25, 0.3) is 11.3 Å². The van der Waals surface area contributed by atoms with Gasteiger partial charge in [0.25, 0.3) is 5.91 Å². The standard InChI is InChI=1S/C30H35F3N6O5/c1-29(2,3)44-28(41)38-12-10-37(11-13-38)27(40)20-8-6-19(17-34-20)22-16-26-35-21(15-25(30(31,32)33)39(26)36-22)18-7-9-23(42-4)24(14-18)43-5/h6-9,14,16-17,21,25,35H,10-13,15H2,1-5H3/t21-,25+/m0/s1. The second-order valence-electron chi connectivity index (χ2n) is 11.7. The van der Waals surface area contributed by atoms with Gasteiger partial charge in [0.1, 0.15) is 17.1 Å². The van der Waals surface area contributed by atoms with Gasteiger partial charge in [-0.3, -0.25) is 9.78 Å². The number of nitrogens with zero attached hydrogens (tertiary/aromatic N) is 5. The zero-order valence-electron chi connectivity index (χ0n) is 25.1. The number of anilines is 1. The second-order valence-corrected chi connectivity index (χ2v) is 11.7. The van der Waals surface area contributed by atoms with Crippen molar-refractivity contribution in [3.63, 3.8) is 0 Å². The first-order valence-corrected chi connectivity index (χ1v) is 14.2. The quantitative estimate of drug-likeness (QED) is 0.411. The van der Waals surface area contributed by atoms with Crippen molar-refractivity contribution in [3.8, 4) is 22.8 Å². The van der Waals surface area contributed by atoms with Crippen LogP contribution >= 0.6 is 0 Å². The van der Waals surface area contributed by atoms with Crippen LogP contribution in [0.3, 0.4) is 0 Å². The number of aromatic nitrogens is 3. The molecule has 1 fully saturated rings. The number of rotatable bonds is 5. The molecule has 2 atom stereocenters. The Morgan fingerprint density at radius 3 is 2.20 bits per heavy atom. The molecule has 2 aromatic heterocycles. The summed E-state index contributed by atoms with van der Waals surface area (Å²) in [6, 6.07) is 7.18. The van der Waals surface area contributed by atoms with E-state index in [1.54, 1.807) is 60.9 Å². The first-order chi connectivity index (χ1) is 20.8. The number of halogens is 3. The SMILES string of the molecule is COc1ccc([C@@H]2C[C@H](C(F)(F)F)n3nc(-c4ccc(C(=O)N5CCN(C(=O)OC(C)(C)C)CC5)nc4)cc3N2)cc1OC. The van der Waals surface area contributed by atoms with E-state index in [1.165, 1.54) is 26.5 Å². The average Bonchev–Trinajstić information content (AvgIpc) is 3.43. The van der Waals surface area contributed by atoms with Crippen molar-refractivity contribution >= 4 is 17.8 Å². The summed E-state index contributed by atoms with van der Waals surface area (Å²) in [4.78, 5) is 32.9. The Bertz CT molecular complexity index is 1510. The molecule has 0 unspecified atom stereocenters. The number of hydrogen-bond acceptors (Lipinski definition) is 8. The third-order valence-corrected chi connectivity index (χ3v) is 7.50. The minimum Gasteiger partial charge on any atom is -0.493 e. The second kappa shape index (κ2) is 11.9. The molecular weight excluding hydrogens is 581 g/mol. The van der Waals surface area contributed by atoms with Gasteiger partial charge in [0, 0.05) is 50.4 Å². The number of methoxy groups -OCH3 is 2. The Balaban J connectivity index is 1.31. The number of carbonyl (C=O) groups excluding carboxylic acids is 2. The molecule has 0 saturated carbocycles. The molecule has 1 saturated heterocycles. The van der Waals surface area contributed by atoms with E-state index < -0.39 is 30.0 Å². The van der Waals surface area contributed by atoms with Crippen molar-refractivity contribution < 1.29 is 37.0 Å². The lowest BCUT2D eigenvalue weighted by molar-refractivity contribution is -0.173. The first kappa shape index (κ1) is 31.0. The molecule has 0 bridgehead atoms. The molecule has 236 valence electrons. The number of piperazine rings is 1. The van der Waals surface area contributed by atoms with E-state index in [0.717, 1.165) is 4.68 Å². The van der Waals surface area contributed by atoms with Crippen molar-refractivity contribution in [1.29, 1.82) is 0 Å². The largest absolute Gasteiger partial charge is 0.493 e. The van der Waals surface area contributed by atoms with Crippen LogP contribution in [0.1, 0.15) is 55.3 Å². The number of carbonyl (C=O) groups is 2. The third kappa shape index (κ3) is 6.53. The van der Waals surface area contributed by atoms with Crippen LogP contribution in [0, 0.1) is 0 Å². The van der Waals surface area contributed by atoms with Crippen LogP contribution in [-0.2, 0) is 4.74 Å². The molecule has 2 aliphatic heterocycles. The number of nitrogens with one attached hydrogen (secondary N) is 1. The molecule has 0 spiro atoms. The van der Waals surface area contributed by atoms with Crippen LogP contribution in [0.2, 0.25) is 0 Å². The van der Waals surface area contributed by atoms with Crippen molar-refractivity contribution in [2.24, 2.45) is 0 Å². The zero-order chi connectivity index (χ0) is 31.8. The minimum absolute atomic E-state index is 0.184. The van der Waals surface area contributed by atoms with Crippen molar-refractivity contribution in [3.05, 3.63) is 53.9 Å². The summed E-state index contributed by atoms with van der Waals surface area (Å²) in [6.07, 6.45) is -3.82. The maximum absolute atomic E-state index is 14.2. The number of hydrogen-bond donors (Lipinski definition) is 1. The van der Waals surface area contributed by atoms with Gasteiger partial charge in [-0.15, -0.1) is 0 Å². The van der Waals surface area contributed by atoms with E-state index in [1.807, 2.05) is 0 Å². The molecule has 1 aromatic carbocycles. The van der Waals surface area contributed by atoms with Gasteiger partial charge in [0.15, 0.2) is 17.5 Å². The van der Waals surface area contributed by atoms with Gasteiger partial charge in [-0.2, -0.15) is 18.3 Å². The highest BCUT2D eigenvalue weighted by Crippen LogP contribution is 2.45. The van der Waals surface area contributed by atoms with Gasteiger partial charge >= 0.3 is 12.3 Å². The smallest absolute Gasteiger partial charge is 0.410 e. The summed E-state index contributed by atoms with van der Waals surface area (Å²) in [5, 5.41) is 7.45. The summed E-state index contributed by atoms with van der Waals surface area (Å²) in [5.41, 5.74) is 0.932. The maximum atomic E-state index is 14.2. The summed E-state index contributed by atoms with van der Waals surface area (Å²) in [5.74, 6) is 0.794. The summed E-state index contributed by atoms with van der Waals surface area (Å²) in [7, 11) is 2.96. The van der Waals surface area contributed by atoms with Gasteiger partial charge in [-0.25, -0.2) is 9.48 Å². The normalized spacial score (nSPS) is 18.7. The van der Waals surface area contributed by atoms with E-state index in [-0.39, 0.29) is 29.5 Å².